The highest BCUT2D eigenvalue weighted by atomic mass is 16.6. The second-order valence-corrected chi connectivity index (χ2v) is 5.72. The number of benzene rings is 1. The standard InChI is InChI=1S/C15H24N2O3/c1-10-6-7-11(8-13(10)19-5)12(16)9-17-14(18)20-15(2,3)4/h6-8,12H,9,16H2,1-5H3,(H,17,18). The number of aryl methyl sites for hydroxylation is 1. The van der Waals surface area contributed by atoms with E-state index in [1.54, 1.807) is 7.11 Å². The van der Waals surface area contributed by atoms with Crippen LogP contribution in [-0.4, -0.2) is 25.3 Å². The number of carbonyl (C=O) groups is 1. The molecule has 0 heterocycles. The highest BCUT2D eigenvalue weighted by Crippen LogP contribution is 2.22. The molecule has 1 aromatic carbocycles. The molecule has 1 amide bonds. The molecule has 1 atom stereocenters. The van der Waals surface area contributed by atoms with Crippen molar-refractivity contribution in [2.75, 3.05) is 13.7 Å². The zero-order chi connectivity index (χ0) is 15.3. The highest BCUT2D eigenvalue weighted by Gasteiger charge is 2.17. The maximum Gasteiger partial charge on any atom is 0.407 e. The van der Waals surface area contributed by atoms with Gasteiger partial charge in [0.25, 0.3) is 0 Å². The summed E-state index contributed by atoms with van der Waals surface area (Å²) < 4.78 is 10.4. The molecular formula is C15H24N2O3. The van der Waals surface area contributed by atoms with Gasteiger partial charge in [0, 0.05) is 12.6 Å². The molecule has 1 aromatic rings. The van der Waals surface area contributed by atoms with Crippen LogP contribution in [0.5, 0.6) is 5.75 Å². The number of carbonyl (C=O) groups excluding carboxylic acids is 1. The third kappa shape index (κ3) is 5.09. The van der Waals surface area contributed by atoms with E-state index >= 15 is 0 Å². The van der Waals surface area contributed by atoms with E-state index in [1.807, 2.05) is 45.9 Å². The summed E-state index contributed by atoms with van der Waals surface area (Å²) in [6.45, 7) is 7.72. The topological polar surface area (TPSA) is 73.6 Å². The average Bonchev–Trinajstić information content (AvgIpc) is 2.34. The van der Waals surface area contributed by atoms with Gasteiger partial charge in [-0.2, -0.15) is 0 Å². The van der Waals surface area contributed by atoms with Crippen LogP contribution in [0.2, 0.25) is 0 Å². The number of nitrogens with two attached hydrogens (primary N) is 1. The van der Waals surface area contributed by atoms with Crippen LogP contribution in [0.3, 0.4) is 0 Å². The summed E-state index contributed by atoms with van der Waals surface area (Å²) in [5.41, 5.74) is 7.49. The van der Waals surface area contributed by atoms with Gasteiger partial charge in [0.15, 0.2) is 0 Å². The van der Waals surface area contributed by atoms with Crippen LogP contribution in [-0.2, 0) is 4.74 Å². The zero-order valence-electron chi connectivity index (χ0n) is 12.8. The van der Waals surface area contributed by atoms with Crippen molar-refractivity contribution in [1.82, 2.24) is 5.32 Å². The Hall–Kier alpha value is -1.75. The van der Waals surface area contributed by atoms with Gasteiger partial charge in [-0.25, -0.2) is 4.79 Å². The van der Waals surface area contributed by atoms with Crippen LogP contribution in [0.15, 0.2) is 18.2 Å². The minimum absolute atomic E-state index is 0.307. The number of methoxy groups -OCH3 is 1. The van der Waals surface area contributed by atoms with E-state index in [9.17, 15) is 4.79 Å². The summed E-state index contributed by atoms with van der Waals surface area (Å²) in [5.74, 6) is 0.787. The Bertz CT molecular complexity index is 467. The Morgan fingerprint density at radius 3 is 2.60 bits per heavy atom. The Morgan fingerprint density at radius 2 is 2.05 bits per heavy atom. The second-order valence-electron chi connectivity index (χ2n) is 5.72. The lowest BCUT2D eigenvalue weighted by atomic mass is 10.1. The van der Waals surface area contributed by atoms with Crippen LogP contribution < -0.4 is 15.8 Å². The first-order valence-electron chi connectivity index (χ1n) is 6.60. The Labute approximate surface area is 120 Å². The second kappa shape index (κ2) is 6.61. The van der Waals surface area contributed by atoms with Gasteiger partial charge >= 0.3 is 6.09 Å². The molecule has 5 nitrogen and oxygen atoms in total. The molecule has 0 aliphatic heterocycles. The Kier molecular flexibility index (Phi) is 5.39. The summed E-state index contributed by atoms with van der Waals surface area (Å²) in [5, 5.41) is 2.66. The maximum atomic E-state index is 11.6. The maximum absolute atomic E-state index is 11.6. The molecule has 20 heavy (non-hydrogen) atoms. The molecule has 0 saturated heterocycles. The monoisotopic (exact) mass is 280 g/mol. The van der Waals surface area contributed by atoms with Gasteiger partial charge in [-0.3, -0.25) is 0 Å². The van der Waals surface area contributed by atoms with Crippen LogP contribution in [0.4, 0.5) is 4.79 Å². The van der Waals surface area contributed by atoms with Gasteiger partial charge < -0.3 is 20.5 Å². The molecule has 5 heteroatoms. The lowest BCUT2D eigenvalue weighted by Gasteiger charge is -2.21. The van der Waals surface area contributed by atoms with Crippen molar-refractivity contribution >= 4 is 6.09 Å². The quantitative estimate of drug-likeness (QED) is 0.889. The molecule has 3 N–H and O–H groups in total. The molecule has 0 spiro atoms. The number of hydrogen-bond donors (Lipinski definition) is 2. The summed E-state index contributed by atoms with van der Waals surface area (Å²) in [4.78, 5) is 11.6. The predicted octanol–water partition coefficient (Wildman–Crippen LogP) is 2.53. The van der Waals surface area contributed by atoms with Crippen molar-refractivity contribution < 1.29 is 14.3 Å². The van der Waals surface area contributed by atoms with Crippen molar-refractivity contribution in [3.8, 4) is 5.75 Å². The number of amides is 1. The van der Waals surface area contributed by atoms with Crippen molar-refractivity contribution in [2.24, 2.45) is 5.73 Å². The van der Waals surface area contributed by atoms with E-state index in [-0.39, 0.29) is 6.04 Å². The Balaban J connectivity index is 2.59. The van der Waals surface area contributed by atoms with Crippen LogP contribution in [0.1, 0.15) is 37.9 Å². The fourth-order valence-electron chi connectivity index (χ4n) is 1.69. The van der Waals surface area contributed by atoms with E-state index < -0.39 is 11.7 Å². The molecule has 1 unspecified atom stereocenters. The van der Waals surface area contributed by atoms with Crippen LogP contribution in [0.25, 0.3) is 0 Å². The van der Waals surface area contributed by atoms with Crippen molar-refractivity contribution in [1.29, 1.82) is 0 Å². The third-order valence-corrected chi connectivity index (χ3v) is 2.73. The summed E-state index contributed by atoms with van der Waals surface area (Å²) in [6.07, 6.45) is -0.466. The zero-order valence-corrected chi connectivity index (χ0v) is 12.8. The number of alkyl carbamates (subject to hydrolysis) is 1. The molecule has 112 valence electrons. The molecule has 0 fully saturated rings. The minimum atomic E-state index is -0.513. The van der Waals surface area contributed by atoms with Crippen molar-refractivity contribution in [3.63, 3.8) is 0 Å². The molecule has 0 radical (unpaired) electrons. The number of ether oxygens (including phenoxy) is 2. The van der Waals surface area contributed by atoms with E-state index in [2.05, 4.69) is 5.32 Å². The highest BCUT2D eigenvalue weighted by molar-refractivity contribution is 5.67. The van der Waals surface area contributed by atoms with Crippen LogP contribution >= 0.6 is 0 Å². The minimum Gasteiger partial charge on any atom is -0.496 e. The molecule has 0 saturated carbocycles. The first kappa shape index (κ1) is 16.3. The van der Waals surface area contributed by atoms with Gasteiger partial charge in [0.05, 0.1) is 7.11 Å². The van der Waals surface area contributed by atoms with Gasteiger partial charge in [-0.15, -0.1) is 0 Å². The number of rotatable bonds is 4. The SMILES string of the molecule is COc1cc(C(N)CNC(=O)OC(C)(C)C)ccc1C. The lowest BCUT2D eigenvalue weighted by Crippen LogP contribution is -2.36. The molecule has 0 aromatic heterocycles. The molecular weight excluding hydrogens is 256 g/mol. The first-order valence-corrected chi connectivity index (χ1v) is 6.60. The summed E-state index contributed by atoms with van der Waals surface area (Å²) in [6, 6.07) is 5.45. The summed E-state index contributed by atoms with van der Waals surface area (Å²) in [7, 11) is 1.62. The smallest absolute Gasteiger partial charge is 0.407 e. The molecule has 1 rings (SSSR count). The predicted molar refractivity (Wildman–Crippen MR) is 78.9 cm³/mol. The summed E-state index contributed by atoms with van der Waals surface area (Å²) >= 11 is 0. The largest absolute Gasteiger partial charge is 0.496 e. The van der Waals surface area contributed by atoms with Crippen molar-refractivity contribution in [2.45, 2.75) is 39.3 Å². The van der Waals surface area contributed by atoms with Gasteiger partial charge in [0.1, 0.15) is 11.4 Å². The number of hydrogen-bond acceptors (Lipinski definition) is 4. The molecule has 0 aliphatic carbocycles. The fraction of sp³-hybridized carbons (Fsp3) is 0.533. The van der Waals surface area contributed by atoms with Crippen molar-refractivity contribution in [3.05, 3.63) is 29.3 Å². The van der Waals surface area contributed by atoms with Gasteiger partial charge in [0.2, 0.25) is 0 Å². The third-order valence-electron chi connectivity index (χ3n) is 2.73. The lowest BCUT2D eigenvalue weighted by molar-refractivity contribution is 0.0524. The average molecular weight is 280 g/mol. The number of nitrogens with one attached hydrogen (secondary N) is 1. The van der Waals surface area contributed by atoms with Gasteiger partial charge in [-0.05, 0) is 44.9 Å². The molecule has 0 aliphatic rings. The normalized spacial score (nSPS) is 12.7. The van der Waals surface area contributed by atoms with E-state index in [0.29, 0.717) is 6.54 Å². The Morgan fingerprint density at radius 1 is 1.40 bits per heavy atom. The first-order chi connectivity index (χ1) is 9.23. The fourth-order valence-corrected chi connectivity index (χ4v) is 1.69. The van der Waals surface area contributed by atoms with E-state index in [0.717, 1.165) is 16.9 Å². The van der Waals surface area contributed by atoms with Crippen LogP contribution in [0, 0.1) is 6.92 Å². The van der Waals surface area contributed by atoms with E-state index in [1.165, 1.54) is 0 Å². The van der Waals surface area contributed by atoms with Gasteiger partial charge in [-0.1, -0.05) is 12.1 Å². The van der Waals surface area contributed by atoms with E-state index in [4.69, 9.17) is 15.2 Å². The molecule has 0 bridgehead atoms.